The van der Waals surface area contributed by atoms with Crippen LogP contribution in [0.15, 0.2) is 0 Å². The van der Waals surface area contributed by atoms with E-state index in [-0.39, 0.29) is 28.8 Å². The summed E-state index contributed by atoms with van der Waals surface area (Å²) in [5, 5.41) is 9.64. The average molecular weight is 374 g/mol. The summed E-state index contributed by atoms with van der Waals surface area (Å²) in [6.45, 7) is 5.91. The second-order valence-electron chi connectivity index (χ2n) is 10.2. The van der Waals surface area contributed by atoms with Crippen molar-refractivity contribution < 1.29 is 14.3 Å². The fraction of sp³-hybridized carbons (Fsp3) is 0.913. The Morgan fingerprint density at radius 1 is 1.07 bits per heavy atom. The minimum absolute atomic E-state index is 0.0643. The zero-order valence-corrected chi connectivity index (χ0v) is 17.2. The second kappa shape index (κ2) is 7.16. The largest absolute Gasteiger partial charge is 0.382 e. The molecule has 27 heavy (non-hydrogen) atoms. The molecule has 0 saturated heterocycles. The average Bonchev–Trinajstić information content (AvgIpc) is 2.96. The van der Waals surface area contributed by atoms with Crippen LogP contribution in [0.25, 0.3) is 0 Å². The number of carbonyl (C=O) groups excluding carboxylic acids is 1. The molecule has 4 saturated carbocycles. The van der Waals surface area contributed by atoms with E-state index in [9.17, 15) is 10.1 Å². The second-order valence-corrected chi connectivity index (χ2v) is 10.2. The van der Waals surface area contributed by atoms with Gasteiger partial charge in [0.1, 0.15) is 5.78 Å². The van der Waals surface area contributed by atoms with Gasteiger partial charge < -0.3 is 9.47 Å². The van der Waals surface area contributed by atoms with Crippen LogP contribution in [0.5, 0.6) is 0 Å². The summed E-state index contributed by atoms with van der Waals surface area (Å²) in [5.41, 5.74) is -0.0126. The molecule has 4 rings (SSSR count). The van der Waals surface area contributed by atoms with E-state index in [0.29, 0.717) is 43.2 Å². The number of rotatable bonds is 4. The summed E-state index contributed by atoms with van der Waals surface area (Å²) >= 11 is 0. The van der Waals surface area contributed by atoms with Crippen molar-refractivity contribution in [1.82, 2.24) is 0 Å². The normalized spacial score (nSPS) is 49.0. The molecule has 0 radical (unpaired) electrons. The first-order chi connectivity index (χ1) is 12.9. The number of Topliss-reactive ketones (excluding diaryl/α,β-unsaturated/α-hetero) is 1. The van der Waals surface area contributed by atoms with E-state index in [2.05, 4.69) is 19.9 Å². The Morgan fingerprint density at radius 2 is 1.85 bits per heavy atom. The molecule has 0 heterocycles. The summed E-state index contributed by atoms with van der Waals surface area (Å²) in [6, 6.07) is 2.54. The van der Waals surface area contributed by atoms with Crippen LogP contribution in [0.2, 0.25) is 0 Å². The zero-order chi connectivity index (χ0) is 19.2. The van der Waals surface area contributed by atoms with E-state index in [1.54, 1.807) is 7.11 Å². The number of hydrogen-bond acceptors (Lipinski definition) is 4. The number of fused-ring (bicyclic) bond motifs is 5. The summed E-state index contributed by atoms with van der Waals surface area (Å²) < 4.78 is 11.3. The Kier molecular flexibility index (Phi) is 5.14. The molecule has 8 atom stereocenters. The molecule has 4 aliphatic carbocycles. The Hall–Kier alpha value is -0.920. The quantitative estimate of drug-likeness (QED) is 0.686. The van der Waals surface area contributed by atoms with Gasteiger partial charge >= 0.3 is 0 Å². The van der Waals surface area contributed by atoms with Gasteiger partial charge in [-0.2, -0.15) is 5.26 Å². The molecule has 0 aromatic rings. The summed E-state index contributed by atoms with van der Waals surface area (Å²) in [4.78, 5) is 13.5. The first-order valence-corrected chi connectivity index (χ1v) is 11.0. The Balaban J connectivity index is 1.57. The molecular formula is C23H35NO3. The molecular weight excluding hydrogens is 338 g/mol. The number of ketones is 1. The molecule has 4 heteroatoms. The Labute approximate surface area is 164 Å². The number of nitriles is 1. The van der Waals surface area contributed by atoms with E-state index < -0.39 is 0 Å². The van der Waals surface area contributed by atoms with E-state index in [0.717, 1.165) is 25.7 Å². The molecule has 0 bridgehead atoms. The van der Waals surface area contributed by atoms with E-state index >= 15 is 0 Å². The molecule has 0 amide bonds. The predicted molar refractivity (Wildman–Crippen MR) is 103 cm³/mol. The van der Waals surface area contributed by atoms with Crippen LogP contribution in [0.3, 0.4) is 0 Å². The van der Waals surface area contributed by atoms with Crippen molar-refractivity contribution >= 4 is 5.78 Å². The van der Waals surface area contributed by atoms with Gasteiger partial charge in [0, 0.05) is 19.4 Å². The van der Waals surface area contributed by atoms with Crippen LogP contribution in [-0.2, 0) is 14.3 Å². The van der Waals surface area contributed by atoms with Gasteiger partial charge in [-0.3, -0.25) is 4.79 Å². The molecule has 4 nitrogen and oxygen atoms in total. The van der Waals surface area contributed by atoms with Gasteiger partial charge in [-0.05, 0) is 73.5 Å². The monoisotopic (exact) mass is 373 g/mol. The molecule has 150 valence electrons. The van der Waals surface area contributed by atoms with Crippen LogP contribution < -0.4 is 0 Å². The molecule has 0 spiro atoms. The first-order valence-electron chi connectivity index (χ1n) is 11.0. The topological polar surface area (TPSA) is 59.3 Å². The first kappa shape index (κ1) is 19.4. The number of methoxy groups -OCH3 is 1. The predicted octanol–water partition coefficient (Wildman–Crippen LogP) is 4.38. The Bertz CT molecular complexity index is 626. The highest BCUT2D eigenvalue weighted by atomic mass is 16.5. The lowest BCUT2D eigenvalue weighted by Crippen LogP contribution is -2.58. The van der Waals surface area contributed by atoms with Crippen molar-refractivity contribution in [3.05, 3.63) is 0 Å². The highest BCUT2D eigenvalue weighted by Gasteiger charge is 2.63. The maximum Gasteiger partial charge on any atom is 0.137 e. The third-order valence-corrected chi connectivity index (χ3v) is 9.05. The van der Waals surface area contributed by atoms with E-state index in [1.165, 1.54) is 19.3 Å². The molecule has 0 aromatic carbocycles. The third kappa shape index (κ3) is 2.97. The van der Waals surface area contributed by atoms with Crippen molar-refractivity contribution in [2.45, 2.75) is 71.3 Å². The van der Waals surface area contributed by atoms with Crippen molar-refractivity contribution in [3.8, 4) is 6.07 Å². The lowest BCUT2D eigenvalue weighted by molar-refractivity contribution is -0.164. The van der Waals surface area contributed by atoms with Gasteiger partial charge in [0.15, 0.2) is 0 Å². The fourth-order valence-corrected chi connectivity index (χ4v) is 7.78. The number of carbonyl (C=O) groups is 1. The summed E-state index contributed by atoms with van der Waals surface area (Å²) in [6.07, 6.45) is 8.75. The molecule has 0 N–H and O–H groups in total. The SMILES string of the molecule is COCCOC1CCC2CCC3C4CCC(C#N)C4(C)CC(=O)C3C2(C)C1. The smallest absolute Gasteiger partial charge is 0.137 e. The van der Waals surface area contributed by atoms with Crippen LogP contribution in [-0.4, -0.2) is 32.2 Å². The maximum absolute atomic E-state index is 13.5. The minimum Gasteiger partial charge on any atom is -0.382 e. The minimum atomic E-state index is -0.0841. The van der Waals surface area contributed by atoms with Gasteiger partial charge in [-0.25, -0.2) is 0 Å². The lowest BCUT2D eigenvalue weighted by Gasteiger charge is -2.59. The highest BCUT2D eigenvalue weighted by Crippen LogP contribution is 2.66. The number of nitrogens with zero attached hydrogens (tertiary/aromatic N) is 1. The number of hydrogen-bond donors (Lipinski definition) is 0. The standard InChI is InChI=1S/C23H35NO3/c1-22-13-20(25)21-18(19(22)9-6-16(22)14-24)8-5-15-4-7-17(12-23(15,21)2)27-11-10-26-3/h15-19,21H,4-13H2,1-3H3. The van der Waals surface area contributed by atoms with E-state index in [4.69, 9.17) is 9.47 Å². The summed E-state index contributed by atoms with van der Waals surface area (Å²) in [7, 11) is 1.71. The molecule has 8 unspecified atom stereocenters. The van der Waals surface area contributed by atoms with Gasteiger partial charge in [-0.1, -0.05) is 13.8 Å². The van der Waals surface area contributed by atoms with E-state index in [1.807, 2.05) is 0 Å². The van der Waals surface area contributed by atoms with Crippen LogP contribution in [0.4, 0.5) is 0 Å². The van der Waals surface area contributed by atoms with Gasteiger partial charge in [0.25, 0.3) is 0 Å². The number of ether oxygens (including phenoxy) is 2. The van der Waals surface area contributed by atoms with Crippen LogP contribution >= 0.6 is 0 Å². The molecule has 4 fully saturated rings. The van der Waals surface area contributed by atoms with Crippen LogP contribution in [0, 0.1) is 51.8 Å². The third-order valence-electron chi connectivity index (χ3n) is 9.05. The molecule has 0 aromatic heterocycles. The van der Waals surface area contributed by atoms with Crippen molar-refractivity contribution in [1.29, 1.82) is 5.26 Å². The zero-order valence-electron chi connectivity index (χ0n) is 17.2. The van der Waals surface area contributed by atoms with Gasteiger partial charge in [-0.15, -0.1) is 0 Å². The maximum atomic E-state index is 13.5. The van der Waals surface area contributed by atoms with Gasteiger partial charge in [0.2, 0.25) is 0 Å². The Morgan fingerprint density at radius 3 is 2.59 bits per heavy atom. The fourth-order valence-electron chi connectivity index (χ4n) is 7.78. The van der Waals surface area contributed by atoms with Crippen molar-refractivity contribution in [3.63, 3.8) is 0 Å². The lowest BCUT2D eigenvalue weighted by atomic mass is 9.44. The van der Waals surface area contributed by atoms with Crippen molar-refractivity contribution in [2.24, 2.45) is 40.4 Å². The van der Waals surface area contributed by atoms with Crippen LogP contribution in [0.1, 0.15) is 65.2 Å². The molecule has 4 aliphatic rings. The van der Waals surface area contributed by atoms with Crippen molar-refractivity contribution in [2.75, 3.05) is 20.3 Å². The molecule has 0 aliphatic heterocycles. The highest BCUT2D eigenvalue weighted by molar-refractivity contribution is 5.84. The van der Waals surface area contributed by atoms with Gasteiger partial charge in [0.05, 0.1) is 31.3 Å². The summed E-state index contributed by atoms with van der Waals surface area (Å²) in [5.74, 6) is 2.38.